The lowest BCUT2D eigenvalue weighted by Gasteiger charge is -2.28. The molecule has 2 aromatic rings. The Morgan fingerprint density at radius 2 is 2.09 bits per heavy atom. The minimum Gasteiger partial charge on any atom is -0.481 e. The molecule has 2 heterocycles. The standard InChI is InChI=1S/C17H19ClN2O3/c1-10(2)17(16(22)23)5-6-20(9-17)15(21)14-7-11-3-4-12(18)8-13(11)19-14/h3-4,7-8,10,19H,5-6,9H2,1-2H3,(H,22,23). The van der Waals surface area contributed by atoms with Crippen molar-refractivity contribution in [1.82, 2.24) is 9.88 Å². The van der Waals surface area contributed by atoms with Crippen molar-refractivity contribution in [1.29, 1.82) is 0 Å². The van der Waals surface area contributed by atoms with E-state index >= 15 is 0 Å². The van der Waals surface area contributed by atoms with Crippen molar-refractivity contribution in [2.75, 3.05) is 13.1 Å². The monoisotopic (exact) mass is 334 g/mol. The highest BCUT2D eigenvalue weighted by atomic mass is 35.5. The van der Waals surface area contributed by atoms with Gasteiger partial charge in [0.15, 0.2) is 0 Å². The van der Waals surface area contributed by atoms with Crippen LogP contribution in [0.3, 0.4) is 0 Å². The molecule has 0 saturated carbocycles. The topological polar surface area (TPSA) is 73.4 Å². The number of carboxylic acid groups (broad SMARTS) is 1. The number of benzene rings is 1. The van der Waals surface area contributed by atoms with Crippen LogP contribution < -0.4 is 0 Å². The minimum atomic E-state index is -0.856. The lowest BCUT2D eigenvalue weighted by Crippen LogP contribution is -2.40. The SMILES string of the molecule is CC(C)C1(C(=O)O)CCN(C(=O)c2cc3ccc(Cl)cc3[nH]2)C1. The fraction of sp³-hybridized carbons (Fsp3) is 0.412. The van der Waals surface area contributed by atoms with E-state index in [1.807, 2.05) is 19.9 Å². The van der Waals surface area contributed by atoms with Gasteiger partial charge >= 0.3 is 5.97 Å². The van der Waals surface area contributed by atoms with Crippen LogP contribution in [-0.4, -0.2) is 40.0 Å². The second kappa shape index (κ2) is 5.57. The number of hydrogen-bond acceptors (Lipinski definition) is 2. The molecule has 0 bridgehead atoms. The highest BCUT2D eigenvalue weighted by molar-refractivity contribution is 6.31. The zero-order valence-electron chi connectivity index (χ0n) is 13.1. The number of halogens is 1. The normalized spacial score (nSPS) is 21.3. The Morgan fingerprint density at radius 3 is 2.70 bits per heavy atom. The number of H-pyrrole nitrogens is 1. The third-order valence-electron chi connectivity index (χ3n) is 4.93. The van der Waals surface area contributed by atoms with Crippen LogP contribution in [0.5, 0.6) is 0 Å². The Labute approximate surface area is 139 Å². The molecular formula is C17H19ClN2O3. The number of hydrogen-bond donors (Lipinski definition) is 2. The predicted octanol–water partition coefficient (Wildman–Crippen LogP) is 3.39. The summed E-state index contributed by atoms with van der Waals surface area (Å²) in [6, 6.07) is 7.18. The molecular weight excluding hydrogens is 316 g/mol. The van der Waals surface area contributed by atoms with E-state index in [1.165, 1.54) is 0 Å². The van der Waals surface area contributed by atoms with E-state index in [0.29, 0.717) is 23.7 Å². The summed E-state index contributed by atoms with van der Waals surface area (Å²) in [4.78, 5) is 29.1. The van der Waals surface area contributed by atoms with Crippen LogP contribution in [0.25, 0.3) is 10.9 Å². The Bertz CT molecular complexity index is 783. The smallest absolute Gasteiger partial charge is 0.311 e. The van der Waals surface area contributed by atoms with E-state index < -0.39 is 11.4 Å². The first-order chi connectivity index (χ1) is 10.8. The van der Waals surface area contributed by atoms with Crippen molar-refractivity contribution in [3.63, 3.8) is 0 Å². The summed E-state index contributed by atoms with van der Waals surface area (Å²) >= 11 is 5.96. The summed E-state index contributed by atoms with van der Waals surface area (Å²) in [6.07, 6.45) is 0.484. The van der Waals surface area contributed by atoms with E-state index in [0.717, 1.165) is 10.9 Å². The summed E-state index contributed by atoms with van der Waals surface area (Å²) in [5.41, 5.74) is 0.408. The van der Waals surface area contributed by atoms with Crippen molar-refractivity contribution in [3.8, 4) is 0 Å². The van der Waals surface area contributed by atoms with Gasteiger partial charge in [0, 0.05) is 29.0 Å². The highest BCUT2D eigenvalue weighted by Crippen LogP contribution is 2.38. The lowest BCUT2D eigenvalue weighted by atomic mass is 9.76. The van der Waals surface area contributed by atoms with E-state index in [9.17, 15) is 14.7 Å². The van der Waals surface area contributed by atoms with Crippen molar-refractivity contribution in [2.45, 2.75) is 20.3 Å². The number of aromatic nitrogens is 1. The molecule has 3 rings (SSSR count). The van der Waals surface area contributed by atoms with Gasteiger partial charge in [-0.1, -0.05) is 31.5 Å². The fourth-order valence-electron chi connectivity index (χ4n) is 3.28. The van der Waals surface area contributed by atoms with Gasteiger partial charge in [0.2, 0.25) is 0 Å². The predicted molar refractivity (Wildman–Crippen MR) is 88.7 cm³/mol. The molecule has 1 atom stereocenters. The number of likely N-dealkylation sites (tertiary alicyclic amines) is 1. The Hall–Kier alpha value is -2.01. The Kier molecular flexibility index (Phi) is 3.84. The second-order valence-electron chi connectivity index (χ2n) is 6.51. The van der Waals surface area contributed by atoms with Gasteiger partial charge in [0.05, 0.1) is 5.41 Å². The zero-order chi connectivity index (χ0) is 16.8. The van der Waals surface area contributed by atoms with Gasteiger partial charge in [-0.25, -0.2) is 0 Å². The third-order valence-corrected chi connectivity index (χ3v) is 5.17. The van der Waals surface area contributed by atoms with Crippen LogP contribution >= 0.6 is 11.6 Å². The quantitative estimate of drug-likeness (QED) is 0.903. The number of carbonyl (C=O) groups excluding carboxylic acids is 1. The molecule has 1 aliphatic heterocycles. The maximum Gasteiger partial charge on any atom is 0.311 e. The molecule has 2 N–H and O–H groups in total. The number of aliphatic carboxylic acids is 1. The molecule has 5 nitrogen and oxygen atoms in total. The van der Waals surface area contributed by atoms with Gasteiger partial charge in [-0.3, -0.25) is 9.59 Å². The molecule has 6 heteroatoms. The summed E-state index contributed by atoms with van der Waals surface area (Å²) in [5.74, 6) is -1.02. The van der Waals surface area contributed by atoms with E-state index in [-0.39, 0.29) is 18.4 Å². The van der Waals surface area contributed by atoms with Crippen LogP contribution in [0.4, 0.5) is 0 Å². The van der Waals surface area contributed by atoms with Gasteiger partial charge in [-0.15, -0.1) is 0 Å². The maximum absolute atomic E-state index is 12.7. The average Bonchev–Trinajstić information content (AvgIpc) is 3.10. The van der Waals surface area contributed by atoms with Gasteiger partial charge in [-0.2, -0.15) is 0 Å². The van der Waals surface area contributed by atoms with E-state index in [1.54, 1.807) is 23.1 Å². The number of nitrogens with zero attached hydrogens (tertiary/aromatic N) is 1. The molecule has 1 unspecified atom stereocenters. The summed E-state index contributed by atoms with van der Waals surface area (Å²) < 4.78 is 0. The van der Waals surface area contributed by atoms with Crippen molar-refractivity contribution in [3.05, 3.63) is 35.0 Å². The number of amides is 1. The molecule has 1 fully saturated rings. The molecule has 1 amide bonds. The van der Waals surface area contributed by atoms with Gasteiger partial charge in [-0.05, 0) is 30.5 Å². The molecule has 0 radical (unpaired) electrons. The largest absolute Gasteiger partial charge is 0.481 e. The van der Waals surface area contributed by atoms with Crippen LogP contribution in [0.2, 0.25) is 5.02 Å². The second-order valence-corrected chi connectivity index (χ2v) is 6.94. The fourth-order valence-corrected chi connectivity index (χ4v) is 3.46. The summed E-state index contributed by atoms with van der Waals surface area (Å²) in [7, 11) is 0. The molecule has 1 aromatic carbocycles. The van der Waals surface area contributed by atoms with Crippen LogP contribution in [0, 0.1) is 11.3 Å². The zero-order valence-corrected chi connectivity index (χ0v) is 13.9. The number of carbonyl (C=O) groups is 2. The molecule has 23 heavy (non-hydrogen) atoms. The summed E-state index contributed by atoms with van der Waals surface area (Å²) in [6.45, 7) is 4.49. The molecule has 1 aliphatic rings. The maximum atomic E-state index is 12.7. The molecule has 0 aliphatic carbocycles. The summed E-state index contributed by atoms with van der Waals surface area (Å²) in [5, 5.41) is 11.1. The van der Waals surface area contributed by atoms with Gasteiger partial charge in [0.1, 0.15) is 5.69 Å². The van der Waals surface area contributed by atoms with Crippen LogP contribution in [-0.2, 0) is 4.79 Å². The third kappa shape index (κ3) is 2.59. The average molecular weight is 335 g/mol. The Morgan fingerprint density at radius 1 is 1.35 bits per heavy atom. The van der Waals surface area contributed by atoms with E-state index in [2.05, 4.69) is 4.98 Å². The van der Waals surface area contributed by atoms with Crippen LogP contribution in [0.15, 0.2) is 24.3 Å². The highest BCUT2D eigenvalue weighted by Gasteiger charge is 2.48. The van der Waals surface area contributed by atoms with Crippen LogP contribution in [0.1, 0.15) is 30.8 Å². The molecule has 122 valence electrons. The number of carboxylic acids is 1. The van der Waals surface area contributed by atoms with Crippen molar-refractivity contribution < 1.29 is 14.7 Å². The van der Waals surface area contributed by atoms with Gasteiger partial charge < -0.3 is 15.0 Å². The first kappa shape index (κ1) is 15.9. The number of fused-ring (bicyclic) bond motifs is 1. The first-order valence-corrected chi connectivity index (χ1v) is 8.02. The number of nitrogens with one attached hydrogen (secondary N) is 1. The lowest BCUT2D eigenvalue weighted by molar-refractivity contribution is -0.150. The van der Waals surface area contributed by atoms with Crippen molar-refractivity contribution in [2.24, 2.45) is 11.3 Å². The van der Waals surface area contributed by atoms with Gasteiger partial charge in [0.25, 0.3) is 5.91 Å². The molecule has 1 aromatic heterocycles. The number of rotatable bonds is 3. The van der Waals surface area contributed by atoms with E-state index in [4.69, 9.17) is 11.6 Å². The minimum absolute atomic E-state index is 0.0284. The number of aromatic amines is 1. The first-order valence-electron chi connectivity index (χ1n) is 7.64. The molecule has 0 spiro atoms. The molecule has 1 saturated heterocycles. The Balaban J connectivity index is 1.87. The van der Waals surface area contributed by atoms with Crippen molar-refractivity contribution >= 4 is 34.4 Å².